The Morgan fingerprint density at radius 1 is 1.37 bits per heavy atom. The second-order valence-corrected chi connectivity index (χ2v) is 4.96. The molecule has 2 atom stereocenters. The fourth-order valence-corrected chi connectivity index (χ4v) is 1.90. The number of rotatable bonds is 4. The number of alkyl halides is 3. The Balaban J connectivity index is 2.32. The Hall–Kier alpha value is -1.47. The molecule has 1 aliphatic rings. The lowest BCUT2D eigenvalue weighted by atomic mass is 9.87. The van der Waals surface area contributed by atoms with E-state index in [-0.39, 0.29) is 19.0 Å². The summed E-state index contributed by atoms with van der Waals surface area (Å²) in [7, 11) is 0. The summed E-state index contributed by atoms with van der Waals surface area (Å²) in [5.41, 5.74) is 0. The molecule has 0 saturated carbocycles. The van der Waals surface area contributed by atoms with E-state index in [1.165, 1.54) is 11.8 Å². The number of carbonyl (C=O) groups excluding carboxylic acids is 1. The van der Waals surface area contributed by atoms with Crippen LogP contribution in [0.2, 0.25) is 0 Å². The van der Waals surface area contributed by atoms with E-state index >= 15 is 0 Å². The Morgan fingerprint density at radius 3 is 2.32 bits per heavy atom. The van der Waals surface area contributed by atoms with Crippen molar-refractivity contribution in [2.75, 3.05) is 13.1 Å². The first-order valence-corrected chi connectivity index (χ1v) is 5.95. The second-order valence-electron chi connectivity index (χ2n) is 4.96. The maximum atomic E-state index is 12.1. The van der Waals surface area contributed by atoms with Crippen molar-refractivity contribution >= 4 is 12.0 Å². The summed E-state index contributed by atoms with van der Waals surface area (Å²) in [5, 5.41) is 11.0. The molecular weight excluding hydrogens is 265 g/mol. The average molecular weight is 282 g/mol. The molecule has 8 heteroatoms. The van der Waals surface area contributed by atoms with Gasteiger partial charge in [-0.3, -0.25) is 4.79 Å². The highest BCUT2D eigenvalue weighted by Crippen LogP contribution is 2.25. The van der Waals surface area contributed by atoms with Crippen molar-refractivity contribution in [3.05, 3.63) is 0 Å². The number of carboxylic acids is 1. The van der Waals surface area contributed by atoms with Crippen LogP contribution in [0.15, 0.2) is 0 Å². The van der Waals surface area contributed by atoms with E-state index in [1.54, 1.807) is 6.92 Å². The lowest BCUT2D eigenvalue weighted by Gasteiger charge is -2.41. The third-order valence-electron chi connectivity index (χ3n) is 3.20. The zero-order chi connectivity index (χ0) is 14.8. The molecule has 1 aliphatic heterocycles. The van der Waals surface area contributed by atoms with Crippen LogP contribution in [0.25, 0.3) is 0 Å². The molecule has 0 aromatic carbocycles. The maximum Gasteiger partial charge on any atom is 0.391 e. The monoisotopic (exact) mass is 282 g/mol. The molecule has 0 spiro atoms. The van der Waals surface area contributed by atoms with Gasteiger partial charge in [0, 0.05) is 25.0 Å². The number of carboxylic acid groups (broad SMARTS) is 1. The Labute approximate surface area is 108 Å². The third kappa shape index (κ3) is 4.60. The molecule has 1 saturated heterocycles. The number of hydrogen-bond acceptors (Lipinski definition) is 2. The highest BCUT2D eigenvalue weighted by atomic mass is 19.4. The molecule has 1 heterocycles. The molecular formula is C11H17F3N2O3. The van der Waals surface area contributed by atoms with E-state index in [9.17, 15) is 22.8 Å². The molecule has 0 aromatic rings. The summed E-state index contributed by atoms with van der Waals surface area (Å²) in [6.45, 7) is 3.35. The van der Waals surface area contributed by atoms with Crippen molar-refractivity contribution in [2.45, 2.75) is 32.5 Å². The first kappa shape index (κ1) is 15.6. The van der Waals surface area contributed by atoms with Crippen molar-refractivity contribution in [3.63, 3.8) is 0 Å². The minimum absolute atomic E-state index is 0.138. The maximum absolute atomic E-state index is 12.1. The van der Waals surface area contributed by atoms with Gasteiger partial charge in [-0.05, 0) is 6.92 Å². The van der Waals surface area contributed by atoms with E-state index in [2.05, 4.69) is 5.32 Å². The largest absolute Gasteiger partial charge is 0.481 e. The van der Waals surface area contributed by atoms with Crippen molar-refractivity contribution in [1.82, 2.24) is 10.2 Å². The number of aliphatic carboxylic acids is 1. The minimum atomic E-state index is -4.32. The van der Waals surface area contributed by atoms with Gasteiger partial charge in [0.05, 0.1) is 12.3 Å². The van der Waals surface area contributed by atoms with Crippen LogP contribution in [0.4, 0.5) is 18.0 Å². The van der Waals surface area contributed by atoms with E-state index in [4.69, 9.17) is 5.11 Å². The Morgan fingerprint density at radius 2 is 1.89 bits per heavy atom. The fourth-order valence-electron chi connectivity index (χ4n) is 1.90. The molecule has 0 bridgehead atoms. The summed E-state index contributed by atoms with van der Waals surface area (Å²) < 4.78 is 36.2. The normalized spacial score (nSPS) is 19.5. The zero-order valence-electron chi connectivity index (χ0n) is 10.7. The van der Waals surface area contributed by atoms with Crippen LogP contribution in [0.3, 0.4) is 0 Å². The molecule has 1 rings (SSSR count). The van der Waals surface area contributed by atoms with E-state index in [0.717, 1.165) is 0 Å². The number of halogens is 3. The van der Waals surface area contributed by atoms with Crippen LogP contribution in [0.5, 0.6) is 0 Å². The van der Waals surface area contributed by atoms with Crippen LogP contribution in [0, 0.1) is 11.8 Å². The molecule has 110 valence electrons. The Kier molecular flexibility index (Phi) is 4.65. The van der Waals surface area contributed by atoms with Gasteiger partial charge in [0.2, 0.25) is 0 Å². The minimum Gasteiger partial charge on any atom is -0.481 e. The van der Waals surface area contributed by atoms with Crippen molar-refractivity contribution < 1.29 is 27.9 Å². The SMILES string of the molecule is CC(CC(F)(F)F)NC(=O)N1CC(C(C)C(=O)O)C1. The fraction of sp³-hybridized carbons (Fsp3) is 0.818. The highest BCUT2D eigenvalue weighted by molar-refractivity contribution is 5.76. The van der Waals surface area contributed by atoms with Crippen molar-refractivity contribution in [1.29, 1.82) is 0 Å². The smallest absolute Gasteiger partial charge is 0.391 e. The number of hydrogen-bond donors (Lipinski definition) is 2. The number of urea groups is 1. The molecule has 5 nitrogen and oxygen atoms in total. The van der Waals surface area contributed by atoms with Crippen molar-refractivity contribution in [3.8, 4) is 0 Å². The topological polar surface area (TPSA) is 69.6 Å². The summed E-state index contributed by atoms with van der Waals surface area (Å²) in [4.78, 5) is 23.6. The zero-order valence-corrected chi connectivity index (χ0v) is 10.7. The standard InChI is InChI=1S/C11H17F3N2O3/c1-6(3-11(12,13)14)15-10(19)16-4-8(5-16)7(2)9(17)18/h6-8H,3-5H2,1-2H3,(H,15,19)(H,17,18). The summed E-state index contributed by atoms with van der Waals surface area (Å²) >= 11 is 0. The third-order valence-corrected chi connectivity index (χ3v) is 3.20. The number of amides is 2. The van der Waals surface area contributed by atoms with Gasteiger partial charge < -0.3 is 15.3 Å². The van der Waals surface area contributed by atoms with Gasteiger partial charge in [-0.2, -0.15) is 13.2 Å². The predicted molar refractivity (Wildman–Crippen MR) is 60.5 cm³/mol. The quantitative estimate of drug-likeness (QED) is 0.824. The number of carbonyl (C=O) groups is 2. The van der Waals surface area contributed by atoms with Gasteiger partial charge in [-0.25, -0.2) is 4.79 Å². The lowest BCUT2D eigenvalue weighted by molar-refractivity contribution is -0.145. The molecule has 1 fully saturated rings. The lowest BCUT2D eigenvalue weighted by Crippen LogP contribution is -2.57. The first-order valence-electron chi connectivity index (χ1n) is 5.95. The van der Waals surface area contributed by atoms with E-state index in [0.29, 0.717) is 0 Å². The second kappa shape index (κ2) is 5.66. The van der Waals surface area contributed by atoms with Crippen LogP contribution in [0.1, 0.15) is 20.3 Å². The van der Waals surface area contributed by atoms with Crippen LogP contribution in [-0.2, 0) is 4.79 Å². The van der Waals surface area contributed by atoms with Crippen molar-refractivity contribution in [2.24, 2.45) is 11.8 Å². The number of nitrogens with one attached hydrogen (secondary N) is 1. The summed E-state index contributed by atoms with van der Waals surface area (Å²) in [5.74, 6) is -1.63. The highest BCUT2D eigenvalue weighted by Gasteiger charge is 2.38. The van der Waals surface area contributed by atoms with E-state index in [1.807, 2.05) is 0 Å². The molecule has 2 unspecified atom stereocenters. The van der Waals surface area contributed by atoms with Crippen LogP contribution < -0.4 is 5.32 Å². The van der Waals surface area contributed by atoms with Crippen LogP contribution in [-0.4, -0.2) is 47.3 Å². The van der Waals surface area contributed by atoms with Gasteiger partial charge >= 0.3 is 18.2 Å². The van der Waals surface area contributed by atoms with Gasteiger partial charge in [-0.1, -0.05) is 6.92 Å². The predicted octanol–water partition coefficient (Wildman–Crippen LogP) is 1.69. The van der Waals surface area contributed by atoms with Gasteiger partial charge in [0.15, 0.2) is 0 Å². The molecule has 0 aliphatic carbocycles. The molecule has 0 aromatic heterocycles. The molecule has 2 amide bonds. The average Bonchev–Trinajstić information content (AvgIpc) is 2.10. The summed E-state index contributed by atoms with van der Waals surface area (Å²) in [6, 6.07) is -1.57. The van der Waals surface area contributed by atoms with Gasteiger partial charge in [0.25, 0.3) is 0 Å². The van der Waals surface area contributed by atoms with Gasteiger partial charge in [0.1, 0.15) is 0 Å². The molecule has 0 radical (unpaired) electrons. The first-order chi connectivity index (χ1) is 8.60. The summed E-state index contributed by atoms with van der Waals surface area (Å²) in [6.07, 6.45) is -5.40. The molecule has 2 N–H and O–H groups in total. The number of likely N-dealkylation sites (tertiary alicyclic amines) is 1. The Bertz CT molecular complexity index is 354. The molecule has 19 heavy (non-hydrogen) atoms. The van der Waals surface area contributed by atoms with Gasteiger partial charge in [-0.15, -0.1) is 0 Å². The van der Waals surface area contributed by atoms with E-state index < -0.39 is 36.6 Å². The number of nitrogens with zero attached hydrogens (tertiary/aromatic N) is 1. The van der Waals surface area contributed by atoms with Crippen LogP contribution >= 0.6 is 0 Å².